The molecule has 3 nitrogen and oxygen atoms in total. The van der Waals surface area contributed by atoms with Gasteiger partial charge in [-0.3, -0.25) is 0 Å². The quantitative estimate of drug-likeness (QED) is 0.750. The number of methoxy groups -OCH3 is 1. The Morgan fingerprint density at radius 2 is 2.38 bits per heavy atom. The van der Waals surface area contributed by atoms with Crippen molar-refractivity contribution in [2.45, 2.75) is 6.04 Å². The molecule has 4 heteroatoms. The molecule has 1 aromatic carbocycles. The lowest BCUT2D eigenvalue weighted by atomic mass is 10.1. The van der Waals surface area contributed by atoms with E-state index in [1.807, 2.05) is 6.07 Å². The largest absolute Gasteiger partial charge is 0.495 e. The Morgan fingerprint density at radius 3 is 3.08 bits per heavy atom. The Bertz CT molecular complexity index is 341. The lowest BCUT2D eigenvalue weighted by molar-refractivity contribution is 0.331. The fraction of sp³-hybridized carbons (Fsp3) is 0.333. The predicted molar refractivity (Wildman–Crippen MR) is 50.4 cm³/mol. The average Bonchev–Trinajstić information content (AvgIpc) is 2.50. The minimum atomic E-state index is -0.0709. The zero-order valence-corrected chi connectivity index (χ0v) is 7.97. The summed E-state index contributed by atoms with van der Waals surface area (Å²) in [6, 6.07) is 3.62. The van der Waals surface area contributed by atoms with E-state index in [2.05, 4.69) is 0 Å². The van der Waals surface area contributed by atoms with Crippen molar-refractivity contribution in [3.8, 4) is 11.5 Å². The Labute approximate surface area is 81.4 Å². The van der Waals surface area contributed by atoms with Crippen molar-refractivity contribution in [1.82, 2.24) is 0 Å². The first-order chi connectivity index (χ1) is 6.24. The van der Waals surface area contributed by atoms with E-state index in [1.165, 1.54) is 0 Å². The van der Waals surface area contributed by atoms with Crippen LogP contribution in [-0.2, 0) is 0 Å². The maximum atomic E-state index is 6.01. The lowest BCUT2D eigenvalue weighted by Crippen LogP contribution is -2.10. The number of benzene rings is 1. The van der Waals surface area contributed by atoms with Crippen molar-refractivity contribution in [3.05, 3.63) is 22.7 Å². The number of nitrogens with two attached hydrogens (primary N) is 1. The number of halogens is 1. The number of hydrogen-bond donors (Lipinski definition) is 1. The van der Waals surface area contributed by atoms with Gasteiger partial charge in [-0.2, -0.15) is 0 Å². The molecule has 2 N–H and O–H groups in total. The third-order valence-corrected chi connectivity index (χ3v) is 2.48. The Hall–Kier alpha value is -0.930. The summed E-state index contributed by atoms with van der Waals surface area (Å²) in [5.74, 6) is 1.28. The lowest BCUT2D eigenvalue weighted by Gasteiger charge is -2.06. The second-order valence-corrected chi connectivity index (χ2v) is 3.30. The van der Waals surface area contributed by atoms with Crippen LogP contribution in [-0.4, -0.2) is 13.7 Å². The van der Waals surface area contributed by atoms with Crippen molar-refractivity contribution >= 4 is 11.6 Å². The molecule has 0 unspecified atom stereocenters. The van der Waals surface area contributed by atoms with E-state index in [0.717, 1.165) is 5.56 Å². The molecule has 1 aromatic rings. The first-order valence-corrected chi connectivity index (χ1v) is 4.36. The maximum Gasteiger partial charge on any atom is 0.146 e. The van der Waals surface area contributed by atoms with Crippen LogP contribution in [0.15, 0.2) is 12.1 Å². The highest BCUT2D eigenvalue weighted by atomic mass is 35.5. The number of fused-ring (bicyclic) bond motifs is 1. The van der Waals surface area contributed by atoms with Gasteiger partial charge in [-0.25, -0.2) is 0 Å². The summed E-state index contributed by atoms with van der Waals surface area (Å²) in [5, 5.41) is 0.507. The smallest absolute Gasteiger partial charge is 0.146 e. The van der Waals surface area contributed by atoms with Gasteiger partial charge < -0.3 is 15.2 Å². The van der Waals surface area contributed by atoms with Crippen LogP contribution in [0.3, 0.4) is 0 Å². The van der Waals surface area contributed by atoms with Crippen LogP contribution < -0.4 is 15.2 Å². The highest BCUT2D eigenvalue weighted by Gasteiger charge is 2.24. The molecular formula is C9H10ClNO2. The van der Waals surface area contributed by atoms with Crippen LogP contribution in [0.1, 0.15) is 11.6 Å². The SMILES string of the molecule is COc1ccc2c(c1Cl)OC[C@H]2N. The van der Waals surface area contributed by atoms with Gasteiger partial charge in [0.2, 0.25) is 0 Å². The number of hydrogen-bond acceptors (Lipinski definition) is 3. The van der Waals surface area contributed by atoms with Crippen LogP contribution in [0.2, 0.25) is 5.02 Å². The van der Waals surface area contributed by atoms with Gasteiger partial charge in [0.25, 0.3) is 0 Å². The minimum absolute atomic E-state index is 0.0709. The fourth-order valence-corrected chi connectivity index (χ4v) is 1.72. The van der Waals surface area contributed by atoms with Crippen molar-refractivity contribution in [2.24, 2.45) is 5.73 Å². The summed E-state index contributed by atoms with van der Waals surface area (Å²) >= 11 is 6.01. The zero-order chi connectivity index (χ0) is 9.42. The van der Waals surface area contributed by atoms with Crippen molar-refractivity contribution < 1.29 is 9.47 Å². The van der Waals surface area contributed by atoms with Gasteiger partial charge in [0.1, 0.15) is 23.1 Å². The molecule has 1 aliphatic heterocycles. The van der Waals surface area contributed by atoms with Gasteiger partial charge in [-0.1, -0.05) is 11.6 Å². The van der Waals surface area contributed by atoms with Gasteiger partial charge in [0.15, 0.2) is 0 Å². The third-order valence-electron chi connectivity index (χ3n) is 2.12. The first kappa shape index (κ1) is 8.66. The van der Waals surface area contributed by atoms with Gasteiger partial charge in [0, 0.05) is 5.56 Å². The minimum Gasteiger partial charge on any atom is -0.495 e. The molecule has 0 aliphatic carbocycles. The van der Waals surface area contributed by atoms with Crippen LogP contribution in [0.25, 0.3) is 0 Å². The average molecular weight is 200 g/mol. The summed E-state index contributed by atoms with van der Waals surface area (Å²) < 4.78 is 10.4. The van der Waals surface area contributed by atoms with Gasteiger partial charge in [0.05, 0.1) is 13.2 Å². The molecule has 1 atom stereocenters. The summed E-state index contributed by atoms with van der Waals surface area (Å²) in [7, 11) is 1.57. The summed E-state index contributed by atoms with van der Waals surface area (Å²) in [6.07, 6.45) is 0. The molecule has 1 aliphatic rings. The van der Waals surface area contributed by atoms with Crippen molar-refractivity contribution in [2.75, 3.05) is 13.7 Å². The normalized spacial score (nSPS) is 19.5. The predicted octanol–water partition coefficient (Wildman–Crippen LogP) is 1.74. The molecule has 70 valence electrons. The van der Waals surface area contributed by atoms with E-state index in [4.69, 9.17) is 26.8 Å². The molecule has 0 bridgehead atoms. The van der Waals surface area contributed by atoms with Crippen molar-refractivity contribution in [1.29, 1.82) is 0 Å². The standard InChI is InChI=1S/C9H10ClNO2/c1-12-7-3-2-5-6(11)4-13-9(5)8(7)10/h2-3,6H,4,11H2,1H3/t6-/m1/s1. The molecule has 1 heterocycles. The summed E-state index contributed by atoms with van der Waals surface area (Å²) in [6.45, 7) is 0.488. The van der Waals surface area contributed by atoms with E-state index >= 15 is 0 Å². The van der Waals surface area contributed by atoms with E-state index in [-0.39, 0.29) is 6.04 Å². The molecule has 0 radical (unpaired) electrons. The third kappa shape index (κ3) is 1.24. The fourth-order valence-electron chi connectivity index (χ4n) is 1.41. The number of ether oxygens (including phenoxy) is 2. The van der Waals surface area contributed by atoms with Crippen LogP contribution in [0.5, 0.6) is 11.5 Å². The van der Waals surface area contributed by atoms with Gasteiger partial charge >= 0.3 is 0 Å². The van der Waals surface area contributed by atoms with Crippen molar-refractivity contribution in [3.63, 3.8) is 0 Å². The molecule has 13 heavy (non-hydrogen) atoms. The summed E-state index contributed by atoms with van der Waals surface area (Å²) in [4.78, 5) is 0. The monoisotopic (exact) mass is 199 g/mol. The maximum absolute atomic E-state index is 6.01. The molecule has 0 amide bonds. The molecule has 2 rings (SSSR count). The topological polar surface area (TPSA) is 44.5 Å². The van der Waals surface area contributed by atoms with Gasteiger partial charge in [-0.05, 0) is 12.1 Å². The van der Waals surface area contributed by atoms with E-state index in [1.54, 1.807) is 13.2 Å². The highest BCUT2D eigenvalue weighted by Crippen LogP contribution is 2.42. The van der Waals surface area contributed by atoms with E-state index in [9.17, 15) is 0 Å². The Balaban J connectivity index is 2.54. The Morgan fingerprint density at radius 1 is 1.62 bits per heavy atom. The molecule has 0 fully saturated rings. The second-order valence-electron chi connectivity index (χ2n) is 2.92. The second kappa shape index (κ2) is 3.09. The Kier molecular flexibility index (Phi) is 2.06. The van der Waals surface area contributed by atoms with E-state index < -0.39 is 0 Å². The summed E-state index contributed by atoms with van der Waals surface area (Å²) in [5.41, 5.74) is 6.73. The van der Waals surface area contributed by atoms with E-state index in [0.29, 0.717) is 23.1 Å². The molecular weight excluding hydrogens is 190 g/mol. The zero-order valence-electron chi connectivity index (χ0n) is 7.21. The molecule has 0 spiro atoms. The van der Waals surface area contributed by atoms with Crippen LogP contribution >= 0.6 is 11.6 Å². The molecule has 0 saturated heterocycles. The van der Waals surface area contributed by atoms with Crippen LogP contribution in [0.4, 0.5) is 0 Å². The first-order valence-electron chi connectivity index (χ1n) is 3.99. The highest BCUT2D eigenvalue weighted by molar-refractivity contribution is 6.33. The molecule has 0 aromatic heterocycles. The number of rotatable bonds is 1. The van der Waals surface area contributed by atoms with Crippen LogP contribution in [0, 0.1) is 0 Å². The molecule has 0 saturated carbocycles. The van der Waals surface area contributed by atoms with Gasteiger partial charge in [-0.15, -0.1) is 0 Å².